The average Bonchev–Trinajstić information content (AvgIpc) is 2.49. The highest BCUT2D eigenvalue weighted by Crippen LogP contribution is 2.20. The SMILES string of the molecule is COc1ccc(Nc2ccc(NC(=O)NC(C)C)nc2)cc1. The quantitative estimate of drug-likeness (QED) is 0.791. The van der Waals surface area contributed by atoms with Crippen molar-refractivity contribution in [1.29, 1.82) is 0 Å². The minimum Gasteiger partial charge on any atom is -0.497 e. The van der Waals surface area contributed by atoms with Gasteiger partial charge in [-0.25, -0.2) is 9.78 Å². The molecule has 1 aromatic heterocycles. The van der Waals surface area contributed by atoms with Crippen LogP contribution in [0.25, 0.3) is 0 Å². The van der Waals surface area contributed by atoms with Crippen molar-refractivity contribution in [2.24, 2.45) is 0 Å². The predicted molar refractivity (Wildman–Crippen MR) is 87.8 cm³/mol. The van der Waals surface area contributed by atoms with Crippen LogP contribution in [-0.2, 0) is 0 Å². The van der Waals surface area contributed by atoms with Gasteiger partial charge in [0.25, 0.3) is 0 Å². The number of amides is 2. The molecule has 1 heterocycles. The predicted octanol–water partition coefficient (Wildman–Crippen LogP) is 3.36. The van der Waals surface area contributed by atoms with Crippen molar-refractivity contribution >= 4 is 23.2 Å². The van der Waals surface area contributed by atoms with E-state index in [2.05, 4.69) is 20.9 Å². The molecule has 2 aromatic rings. The van der Waals surface area contributed by atoms with E-state index >= 15 is 0 Å². The number of pyridine rings is 1. The fourth-order valence-electron chi connectivity index (χ4n) is 1.80. The zero-order valence-corrected chi connectivity index (χ0v) is 12.9. The summed E-state index contributed by atoms with van der Waals surface area (Å²) in [5.74, 6) is 1.30. The minimum atomic E-state index is -0.265. The number of benzene rings is 1. The maximum absolute atomic E-state index is 11.6. The van der Waals surface area contributed by atoms with Gasteiger partial charge in [0.15, 0.2) is 0 Å². The van der Waals surface area contributed by atoms with Gasteiger partial charge in [-0.2, -0.15) is 0 Å². The number of anilines is 3. The molecule has 0 spiro atoms. The van der Waals surface area contributed by atoms with E-state index < -0.39 is 0 Å². The number of aromatic nitrogens is 1. The van der Waals surface area contributed by atoms with Crippen LogP contribution in [0.2, 0.25) is 0 Å². The maximum Gasteiger partial charge on any atom is 0.320 e. The van der Waals surface area contributed by atoms with Crippen LogP contribution in [0.3, 0.4) is 0 Å². The van der Waals surface area contributed by atoms with Crippen molar-refractivity contribution in [3.8, 4) is 5.75 Å². The molecule has 0 saturated heterocycles. The Balaban J connectivity index is 1.94. The molecule has 0 aliphatic heterocycles. The van der Waals surface area contributed by atoms with Gasteiger partial charge in [0, 0.05) is 11.7 Å². The number of carbonyl (C=O) groups is 1. The van der Waals surface area contributed by atoms with Crippen LogP contribution < -0.4 is 20.7 Å². The first-order valence-electron chi connectivity index (χ1n) is 7.01. The third-order valence-electron chi connectivity index (χ3n) is 2.80. The second-order valence-corrected chi connectivity index (χ2v) is 5.04. The number of nitrogens with one attached hydrogen (secondary N) is 3. The van der Waals surface area contributed by atoms with Crippen molar-refractivity contribution in [2.75, 3.05) is 17.7 Å². The first-order valence-corrected chi connectivity index (χ1v) is 7.01. The number of nitrogens with zero attached hydrogens (tertiary/aromatic N) is 1. The molecule has 1 aromatic carbocycles. The Labute approximate surface area is 129 Å². The van der Waals surface area contributed by atoms with E-state index in [1.54, 1.807) is 19.4 Å². The molecule has 0 saturated carbocycles. The Morgan fingerprint density at radius 2 is 1.77 bits per heavy atom. The van der Waals surface area contributed by atoms with Crippen molar-refractivity contribution in [3.05, 3.63) is 42.6 Å². The van der Waals surface area contributed by atoms with E-state index in [1.165, 1.54) is 0 Å². The Hall–Kier alpha value is -2.76. The van der Waals surface area contributed by atoms with Gasteiger partial charge in [0.05, 0.1) is 19.0 Å². The van der Waals surface area contributed by atoms with Gasteiger partial charge in [-0.15, -0.1) is 0 Å². The second kappa shape index (κ2) is 7.31. The monoisotopic (exact) mass is 300 g/mol. The molecule has 0 bridgehead atoms. The number of hydrogen-bond donors (Lipinski definition) is 3. The van der Waals surface area contributed by atoms with Gasteiger partial charge in [0.2, 0.25) is 0 Å². The lowest BCUT2D eigenvalue weighted by Crippen LogP contribution is -2.34. The Kier molecular flexibility index (Phi) is 5.19. The summed E-state index contributed by atoms with van der Waals surface area (Å²) in [6.07, 6.45) is 1.66. The highest BCUT2D eigenvalue weighted by atomic mass is 16.5. The summed E-state index contributed by atoms with van der Waals surface area (Å²) >= 11 is 0. The molecule has 6 heteroatoms. The highest BCUT2D eigenvalue weighted by molar-refractivity contribution is 5.88. The van der Waals surface area contributed by atoms with Crippen LogP contribution in [0, 0.1) is 0 Å². The van der Waals surface area contributed by atoms with Gasteiger partial charge in [-0.3, -0.25) is 5.32 Å². The fourth-order valence-corrected chi connectivity index (χ4v) is 1.80. The summed E-state index contributed by atoms with van der Waals surface area (Å²) in [5.41, 5.74) is 1.76. The lowest BCUT2D eigenvalue weighted by atomic mass is 10.3. The Morgan fingerprint density at radius 3 is 2.32 bits per heavy atom. The lowest BCUT2D eigenvalue weighted by molar-refractivity contribution is 0.250. The summed E-state index contributed by atoms with van der Waals surface area (Å²) in [7, 11) is 1.63. The normalized spacial score (nSPS) is 10.2. The molecule has 0 atom stereocenters. The van der Waals surface area contributed by atoms with Crippen LogP contribution in [-0.4, -0.2) is 24.2 Å². The fraction of sp³-hybridized carbons (Fsp3) is 0.250. The van der Waals surface area contributed by atoms with Crippen LogP contribution in [0.5, 0.6) is 5.75 Å². The van der Waals surface area contributed by atoms with E-state index in [4.69, 9.17) is 4.74 Å². The third-order valence-corrected chi connectivity index (χ3v) is 2.80. The van der Waals surface area contributed by atoms with E-state index in [-0.39, 0.29) is 12.1 Å². The molecule has 3 N–H and O–H groups in total. The molecular formula is C16H20N4O2. The number of hydrogen-bond acceptors (Lipinski definition) is 4. The minimum absolute atomic E-state index is 0.0796. The summed E-state index contributed by atoms with van der Waals surface area (Å²) in [6, 6.07) is 11.0. The van der Waals surface area contributed by atoms with E-state index in [1.807, 2.05) is 44.2 Å². The van der Waals surface area contributed by atoms with Crippen molar-refractivity contribution in [3.63, 3.8) is 0 Å². The van der Waals surface area contributed by atoms with Gasteiger partial charge < -0.3 is 15.4 Å². The molecule has 2 amide bonds. The van der Waals surface area contributed by atoms with Gasteiger partial charge in [-0.1, -0.05) is 0 Å². The van der Waals surface area contributed by atoms with Crippen molar-refractivity contribution in [1.82, 2.24) is 10.3 Å². The standard InChI is InChI=1S/C16H20N4O2/c1-11(2)18-16(21)20-15-9-6-13(10-17-15)19-12-4-7-14(22-3)8-5-12/h4-11,19H,1-3H3,(H2,17,18,20,21). The number of carbonyl (C=O) groups excluding carboxylic acids is 1. The smallest absolute Gasteiger partial charge is 0.320 e. The first kappa shape index (κ1) is 15.6. The Bertz CT molecular complexity index is 609. The number of urea groups is 1. The molecule has 2 rings (SSSR count). The summed E-state index contributed by atoms with van der Waals surface area (Å²) in [6.45, 7) is 3.80. The number of rotatable bonds is 5. The summed E-state index contributed by atoms with van der Waals surface area (Å²) in [5, 5.41) is 8.63. The van der Waals surface area contributed by atoms with Crippen LogP contribution in [0.1, 0.15) is 13.8 Å². The largest absolute Gasteiger partial charge is 0.497 e. The molecule has 0 fully saturated rings. The van der Waals surface area contributed by atoms with E-state index in [0.717, 1.165) is 17.1 Å². The Morgan fingerprint density at radius 1 is 1.09 bits per heavy atom. The molecular weight excluding hydrogens is 280 g/mol. The summed E-state index contributed by atoms with van der Waals surface area (Å²) in [4.78, 5) is 15.8. The van der Waals surface area contributed by atoms with E-state index in [9.17, 15) is 4.79 Å². The molecule has 0 aliphatic rings. The first-order chi connectivity index (χ1) is 10.6. The lowest BCUT2D eigenvalue weighted by Gasteiger charge is -2.10. The van der Waals surface area contributed by atoms with Gasteiger partial charge >= 0.3 is 6.03 Å². The van der Waals surface area contributed by atoms with Crippen LogP contribution >= 0.6 is 0 Å². The molecule has 116 valence electrons. The zero-order chi connectivity index (χ0) is 15.9. The maximum atomic E-state index is 11.6. The van der Waals surface area contributed by atoms with Crippen molar-refractivity contribution in [2.45, 2.75) is 19.9 Å². The molecule has 0 aliphatic carbocycles. The molecule has 0 unspecified atom stereocenters. The van der Waals surface area contributed by atoms with E-state index in [0.29, 0.717) is 5.82 Å². The second-order valence-electron chi connectivity index (χ2n) is 5.04. The van der Waals surface area contributed by atoms with Gasteiger partial charge in [-0.05, 0) is 50.2 Å². The molecule has 22 heavy (non-hydrogen) atoms. The van der Waals surface area contributed by atoms with Gasteiger partial charge in [0.1, 0.15) is 11.6 Å². The highest BCUT2D eigenvalue weighted by Gasteiger charge is 2.04. The summed E-state index contributed by atoms with van der Waals surface area (Å²) < 4.78 is 5.11. The third kappa shape index (κ3) is 4.66. The van der Waals surface area contributed by atoms with Crippen LogP contribution in [0.4, 0.5) is 22.0 Å². The number of ether oxygens (including phenoxy) is 1. The average molecular weight is 300 g/mol. The topological polar surface area (TPSA) is 75.3 Å². The molecule has 0 radical (unpaired) electrons. The zero-order valence-electron chi connectivity index (χ0n) is 12.9. The molecule has 6 nitrogen and oxygen atoms in total. The number of methoxy groups -OCH3 is 1. The van der Waals surface area contributed by atoms with Crippen LogP contribution in [0.15, 0.2) is 42.6 Å². The van der Waals surface area contributed by atoms with Crippen molar-refractivity contribution < 1.29 is 9.53 Å².